The Labute approximate surface area is 415 Å². The molecule has 4 aliphatic heterocycles. The van der Waals surface area contributed by atoms with E-state index in [-0.39, 0.29) is 28.4 Å². The monoisotopic (exact) mass is 931 g/mol. The minimum absolute atomic E-state index is 0.0265. The Kier molecular flexibility index (Phi) is 8.68. The minimum atomic E-state index is -1.09. The molecule has 6 aliphatic rings. The average molecular weight is 932 g/mol. The van der Waals surface area contributed by atoms with Gasteiger partial charge in [0.05, 0.1) is 16.3 Å². The van der Waals surface area contributed by atoms with Gasteiger partial charge in [0.15, 0.2) is 0 Å². The summed E-state index contributed by atoms with van der Waals surface area (Å²) in [5.74, 6) is 2.57. The smallest absolute Gasteiger partial charge is 0.254 e. The third-order valence-electron chi connectivity index (χ3n) is 17.2. The first-order valence-corrected chi connectivity index (χ1v) is 26.6. The van der Waals surface area contributed by atoms with Crippen molar-refractivity contribution < 1.29 is 4.74 Å². The number of para-hydroxylation sites is 3. The van der Waals surface area contributed by atoms with Gasteiger partial charge in [0.25, 0.3) is 6.71 Å². The Morgan fingerprint density at radius 1 is 0.457 bits per heavy atom. The number of hydrogen-bond acceptors (Lipinski definition) is 6. The minimum Gasteiger partial charge on any atom is -0.437 e. The molecule has 14 rings (SSSR count). The maximum absolute atomic E-state index is 6.81. The van der Waals surface area contributed by atoms with Crippen molar-refractivity contribution in [1.29, 1.82) is 0 Å². The van der Waals surface area contributed by atoms with Crippen molar-refractivity contribution in [3.05, 3.63) is 174 Å². The van der Waals surface area contributed by atoms with E-state index in [1.165, 1.54) is 94.6 Å². The van der Waals surface area contributed by atoms with Crippen LogP contribution in [0.4, 0.5) is 51.3 Å². The quantitative estimate of drug-likeness (QED) is 0.141. The molecule has 0 saturated heterocycles. The van der Waals surface area contributed by atoms with E-state index in [4.69, 9.17) is 14.7 Å². The summed E-state index contributed by atoms with van der Waals surface area (Å²) >= 11 is 0. The summed E-state index contributed by atoms with van der Waals surface area (Å²) in [6, 6.07) is 52.9. The highest BCUT2D eigenvalue weighted by Crippen LogP contribution is 2.70. The van der Waals surface area contributed by atoms with E-state index in [0.29, 0.717) is 5.88 Å². The van der Waals surface area contributed by atoms with Gasteiger partial charge in [-0.1, -0.05) is 122 Å². The van der Waals surface area contributed by atoms with Crippen LogP contribution >= 0.6 is 10.9 Å². The lowest BCUT2D eigenvalue weighted by Gasteiger charge is -2.47. The number of pyridine rings is 2. The molecule has 6 heterocycles. The largest absolute Gasteiger partial charge is 0.437 e. The predicted molar refractivity (Wildman–Crippen MR) is 292 cm³/mol. The summed E-state index contributed by atoms with van der Waals surface area (Å²) in [5.41, 5.74) is 19.1. The van der Waals surface area contributed by atoms with Gasteiger partial charge < -0.3 is 14.5 Å². The lowest BCUT2D eigenvalue weighted by atomic mass is 9.33. The molecule has 0 saturated carbocycles. The highest BCUT2D eigenvalue weighted by atomic mass is 32.2. The first-order valence-electron chi connectivity index (χ1n) is 25.3. The molecule has 8 aromatic rings. The number of benzene rings is 6. The standard InChI is InChI=1S/C62H58BN5OS/c1-59(2)28-30-61(5,6)43-34-39(22-24-41(43)59)66-48-26-32-64-57-55(48)63(45-18-12-13-19-47(45)68(57)38-16-10-9-11-17-38)46-36-54-51(37-50(46)66)67(40-23-25-42-44(35-40)62(7,8)31-29-60(42,3)4)49-27-33-65-58-56(49)70(54)53-21-15-14-20-52(53)69-58/h9-27,32-37,70H,28-31H2,1-8H3. The predicted octanol–water partition coefficient (Wildman–Crippen LogP) is 14.6. The topological polar surface area (TPSA) is 44.7 Å². The zero-order valence-electron chi connectivity index (χ0n) is 41.4. The van der Waals surface area contributed by atoms with E-state index in [2.05, 4.69) is 210 Å². The van der Waals surface area contributed by atoms with Crippen LogP contribution in [0.5, 0.6) is 11.6 Å². The van der Waals surface area contributed by atoms with Crippen molar-refractivity contribution in [2.24, 2.45) is 0 Å². The van der Waals surface area contributed by atoms with Gasteiger partial charge >= 0.3 is 0 Å². The second-order valence-electron chi connectivity index (χ2n) is 23.2. The van der Waals surface area contributed by atoms with E-state index in [0.717, 1.165) is 41.5 Å². The summed E-state index contributed by atoms with van der Waals surface area (Å²) < 4.78 is 6.81. The molecule has 2 aliphatic carbocycles. The fourth-order valence-corrected chi connectivity index (χ4v) is 15.9. The number of hydrogen-bond donors (Lipinski definition) is 1. The van der Waals surface area contributed by atoms with Gasteiger partial charge in [-0.05, 0) is 159 Å². The number of aromatic nitrogens is 2. The molecular formula is C62H58BN5OS. The second kappa shape index (κ2) is 14.4. The number of rotatable bonds is 3. The van der Waals surface area contributed by atoms with E-state index < -0.39 is 10.9 Å². The Hall–Kier alpha value is -6.77. The van der Waals surface area contributed by atoms with Crippen molar-refractivity contribution in [2.45, 2.75) is 117 Å². The molecule has 2 aromatic heterocycles. The van der Waals surface area contributed by atoms with E-state index in [1.54, 1.807) is 0 Å². The second-order valence-corrected chi connectivity index (χ2v) is 25.3. The van der Waals surface area contributed by atoms with Gasteiger partial charge in [0.2, 0.25) is 5.88 Å². The molecule has 6 aromatic carbocycles. The molecule has 0 fully saturated rings. The Morgan fingerprint density at radius 3 is 1.74 bits per heavy atom. The normalized spacial score (nSPS) is 20.0. The zero-order chi connectivity index (χ0) is 47.6. The van der Waals surface area contributed by atoms with E-state index in [1.807, 2.05) is 12.4 Å². The molecule has 8 heteroatoms. The lowest BCUT2D eigenvalue weighted by Crippen LogP contribution is -2.61. The zero-order valence-corrected chi connectivity index (χ0v) is 42.3. The molecule has 70 heavy (non-hydrogen) atoms. The van der Waals surface area contributed by atoms with Gasteiger partial charge in [-0.25, -0.2) is 9.97 Å². The van der Waals surface area contributed by atoms with Gasteiger partial charge in [-0.15, -0.1) is 0 Å². The van der Waals surface area contributed by atoms with Crippen LogP contribution in [0, 0.1) is 0 Å². The van der Waals surface area contributed by atoms with Crippen molar-refractivity contribution in [1.82, 2.24) is 9.97 Å². The molecule has 0 amide bonds. The van der Waals surface area contributed by atoms with Crippen molar-refractivity contribution in [3.8, 4) is 11.6 Å². The number of fused-ring (bicyclic) bond motifs is 10. The molecular weight excluding hydrogens is 874 g/mol. The van der Waals surface area contributed by atoms with E-state index >= 15 is 0 Å². The van der Waals surface area contributed by atoms with Crippen LogP contribution in [-0.4, -0.2) is 16.7 Å². The summed E-state index contributed by atoms with van der Waals surface area (Å²) in [6.45, 7) is 19.4. The van der Waals surface area contributed by atoms with Gasteiger partial charge in [0.1, 0.15) is 11.6 Å². The fraction of sp³-hybridized carbons (Fsp3) is 0.258. The third-order valence-corrected chi connectivity index (χ3v) is 19.7. The van der Waals surface area contributed by atoms with Crippen LogP contribution < -0.4 is 35.8 Å². The van der Waals surface area contributed by atoms with Gasteiger partial charge in [0, 0.05) is 56.3 Å². The number of anilines is 9. The summed E-state index contributed by atoms with van der Waals surface area (Å²) in [6.07, 6.45) is 8.61. The first kappa shape index (κ1) is 42.1. The first-order chi connectivity index (χ1) is 33.7. The fourth-order valence-electron chi connectivity index (χ4n) is 13.2. The van der Waals surface area contributed by atoms with Crippen LogP contribution in [-0.2, 0) is 21.7 Å². The molecule has 346 valence electrons. The molecule has 0 bridgehead atoms. The molecule has 0 radical (unpaired) electrons. The molecule has 1 unspecified atom stereocenters. The molecule has 0 spiro atoms. The van der Waals surface area contributed by atoms with Crippen LogP contribution in [0.2, 0.25) is 0 Å². The van der Waals surface area contributed by atoms with Crippen LogP contribution in [0.1, 0.15) is 103 Å². The molecule has 1 atom stereocenters. The third kappa shape index (κ3) is 5.83. The van der Waals surface area contributed by atoms with Crippen LogP contribution in [0.3, 0.4) is 0 Å². The van der Waals surface area contributed by atoms with Crippen LogP contribution in [0.15, 0.2) is 167 Å². The van der Waals surface area contributed by atoms with Crippen molar-refractivity contribution >= 4 is 85.3 Å². The highest BCUT2D eigenvalue weighted by molar-refractivity contribution is 8.17. The van der Waals surface area contributed by atoms with Crippen molar-refractivity contribution in [2.75, 3.05) is 14.7 Å². The number of ether oxygens (including phenoxy) is 1. The Balaban J connectivity index is 1.09. The van der Waals surface area contributed by atoms with E-state index in [9.17, 15) is 0 Å². The van der Waals surface area contributed by atoms with Crippen LogP contribution in [0.25, 0.3) is 0 Å². The maximum atomic E-state index is 6.81. The summed E-state index contributed by atoms with van der Waals surface area (Å²) in [5, 5.41) is 0. The maximum Gasteiger partial charge on any atom is 0.254 e. The Morgan fingerprint density at radius 2 is 1.04 bits per heavy atom. The highest BCUT2D eigenvalue weighted by Gasteiger charge is 2.48. The van der Waals surface area contributed by atoms with Crippen molar-refractivity contribution in [3.63, 3.8) is 0 Å². The lowest BCUT2D eigenvalue weighted by molar-refractivity contribution is 0.332. The van der Waals surface area contributed by atoms with Gasteiger partial charge in [-0.2, -0.15) is 10.9 Å². The molecule has 6 nitrogen and oxygen atoms in total. The summed E-state index contributed by atoms with van der Waals surface area (Å²) in [7, 11) is -1.09. The Bertz CT molecular complexity index is 3550. The number of thiol groups is 1. The summed E-state index contributed by atoms with van der Waals surface area (Å²) in [4.78, 5) is 21.6. The molecule has 0 N–H and O–H groups in total. The number of nitrogens with zero attached hydrogens (tertiary/aromatic N) is 5. The average Bonchev–Trinajstić information content (AvgIpc) is 3.36. The van der Waals surface area contributed by atoms with Gasteiger partial charge in [-0.3, -0.25) is 4.90 Å². The SMILES string of the molecule is CC1(C)CCC(C)(C)c2cc(N3c4cc5c(cc4B4c6ccccc6N(c6ccccc6)c6nccc3c64)[SH]3c4ccccc4Oc4nccc(c43)N5c3ccc4c(c3)C(C)(C)CCC4(C)C)ccc21.